The molecular formula is C18H21N3O2S. The highest BCUT2D eigenvalue weighted by Gasteiger charge is 2.31. The zero-order valence-electron chi connectivity index (χ0n) is 13.5. The molecule has 2 amide bonds. The van der Waals surface area contributed by atoms with Crippen molar-refractivity contribution in [1.29, 1.82) is 0 Å². The third-order valence-corrected chi connectivity index (χ3v) is 5.56. The Kier molecular flexibility index (Phi) is 4.51. The van der Waals surface area contributed by atoms with E-state index in [0.29, 0.717) is 6.04 Å². The topological polar surface area (TPSA) is 44.8 Å². The average Bonchev–Trinajstić information content (AvgIpc) is 3.16. The van der Waals surface area contributed by atoms with E-state index in [1.165, 1.54) is 4.88 Å². The minimum absolute atomic E-state index is 0.0245. The number of thiophene rings is 1. The van der Waals surface area contributed by atoms with Crippen molar-refractivity contribution in [2.75, 3.05) is 44.7 Å². The van der Waals surface area contributed by atoms with Gasteiger partial charge in [0.25, 0.3) is 0 Å². The number of piperazine rings is 1. The number of carbonyl (C=O) groups excluding carboxylic acids is 1. The van der Waals surface area contributed by atoms with E-state index in [1.807, 2.05) is 29.2 Å². The molecule has 2 fully saturated rings. The Morgan fingerprint density at radius 2 is 2.17 bits per heavy atom. The molecule has 2 aliphatic heterocycles. The number of benzene rings is 1. The van der Waals surface area contributed by atoms with Gasteiger partial charge in [-0.25, -0.2) is 4.79 Å². The predicted octanol–water partition coefficient (Wildman–Crippen LogP) is 2.96. The van der Waals surface area contributed by atoms with Crippen molar-refractivity contribution in [3.05, 3.63) is 41.8 Å². The zero-order valence-corrected chi connectivity index (χ0v) is 14.3. The van der Waals surface area contributed by atoms with E-state index in [4.69, 9.17) is 4.74 Å². The van der Waals surface area contributed by atoms with Gasteiger partial charge in [0.1, 0.15) is 0 Å². The van der Waals surface area contributed by atoms with Crippen LogP contribution in [0.25, 0.3) is 10.4 Å². The van der Waals surface area contributed by atoms with Crippen molar-refractivity contribution < 1.29 is 9.53 Å². The monoisotopic (exact) mass is 343 g/mol. The Morgan fingerprint density at radius 3 is 3.04 bits per heavy atom. The van der Waals surface area contributed by atoms with Gasteiger partial charge in [-0.3, -0.25) is 4.90 Å². The molecule has 1 aromatic heterocycles. The van der Waals surface area contributed by atoms with Gasteiger partial charge in [-0.05, 0) is 29.1 Å². The molecule has 0 spiro atoms. The van der Waals surface area contributed by atoms with E-state index >= 15 is 0 Å². The summed E-state index contributed by atoms with van der Waals surface area (Å²) in [6.07, 6.45) is 0. The van der Waals surface area contributed by atoms with Crippen LogP contribution in [0.4, 0.5) is 10.5 Å². The minimum Gasteiger partial charge on any atom is -0.378 e. The summed E-state index contributed by atoms with van der Waals surface area (Å²) in [7, 11) is 0. The first-order valence-electron chi connectivity index (χ1n) is 8.31. The molecule has 5 nitrogen and oxygen atoms in total. The fourth-order valence-corrected chi connectivity index (χ4v) is 4.05. The standard InChI is InChI=1S/C18H21N3O2S/c22-18(21-7-6-20-8-9-23-13-16(20)12-21)19-15-4-1-3-14(11-15)17-5-2-10-24-17/h1-5,10-11,16H,6-9,12-13H2,(H,19,22)/t16-/m0/s1. The maximum Gasteiger partial charge on any atom is 0.321 e. The SMILES string of the molecule is O=C(Nc1cccc(-c2cccs2)c1)N1CCN2CCOC[C@@H]2C1. The number of amides is 2. The van der Waals surface area contributed by atoms with Crippen LogP contribution in [-0.4, -0.2) is 61.3 Å². The van der Waals surface area contributed by atoms with Gasteiger partial charge in [-0.2, -0.15) is 0 Å². The summed E-state index contributed by atoms with van der Waals surface area (Å²) < 4.78 is 5.54. The molecule has 1 atom stereocenters. The molecule has 126 valence electrons. The van der Waals surface area contributed by atoms with Crippen LogP contribution in [0, 0.1) is 0 Å². The third kappa shape index (κ3) is 3.31. The number of rotatable bonds is 2. The second kappa shape index (κ2) is 6.93. The lowest BCUT2D eigenvalue weighted by atomic mass is 10.1. The smallest absolute Gasteiger partial charge is 0.321 e. The Hall–Kier alpha value is -1.89. The highest BCUT2D eigenvalue weighted by Crippen LogP contribution is 2.27. The summed E-state index contributed by atoms with van der Waals surface area (Å²) in [5.41, 5.74) is 1.97. The molecule has 0 saturated carbocycles. The van der Waals surface area contributed by atoms with Gasteiger partial charge in [0.15, 0.2) is 0 Å². The molecule has 2 saturated heterocycles. The number of hydrogen-bond donors (Lipinski definition) is 1. The van der Waals surface area contributed by atoms with Crippen molar-refractivity contribution in [3.8, 4) is 10.4 Å². The van der Waals surface area contributed by atoms with Crippen LogP contribution in [0.3, 0.4) is 0 Å². The van der Waals surface area contributed by atoms with E-state index in [2.05, 4.69) is 27.7 Å². The van der Waals surface area contributed by atoms with E-state index in [0.717, 1.165) is 50.6 Å². The van der Waals surface area contributed by atoms with Crippen molar-refractivity contribution in [2.45, 2.75) is 6.04 Å². The second-order valence-electron chi connectivity index (χ2n) is 6.20. The van der Waals surface area contributed by atoms with Gasteiger partial charge < -0.3 is 15.0 Å². The van der Waals surface area contributed by atoms with Gasteiger partial charge >= 0.3 is 6.03 Å². The van der Waals surface area contributed by atoms with Crippen molar-refractivity contribution in [2.24, 2.45) is 0 Å². The zero-order chi connectivity index (χ0) is 16.4. The molecule has 0 unspecified atom stereocenters. The normalized spacial score (nSPS) is 21.3. The Labute approximate surface area is 145 Å². The molecule has 2 aliphatic rings. The van der Waals surface area contributed by atoms with Crippen LogP contribution in [0.1, 0.15) is 0 Å². The van der Waals surface area contributed by atoms with Gasteiger partial charge in [0.2, 0.25) is 0 Å². The van der Waals surface area contributed by atoms with Crippen molar-refractivity contribution in [1.82, 2.24) is 9.80 Å². The Bertz CT molecular complexity index is 704. The lowest BCUT2D eigenvalue weighted by Gasteiger charge is -2.43. The summed E-state index contributed by atoms with van der Waals surface area (Å²) in [6, 6.07) is 12.5. The molecule has 1 N–H and O–H groups in total. The molecule has 24 heavy (non-hydrogen) atoms. The lowest BCUT2D eigenvalue weighted by Crippen LogP contribution is -2.59. The van der Waals surface area contributed by atoms with Gasteiger partial charge in [-0.15, -0.1) is 11.3 Å². The van der Waals surface area contributed by atoms with Crippen LogP contribution in [-0.2, 0) is 4.74 Å². The Balaban J connectivity index is 1.42. The summed E-state index contributed by atoms with van der Waals surface area (Å²) in [4.78, 5) is 18.1. The number of hydrogen-bond acceptors (Lipinski definition) is 4. The fourth-order valence-electron chi connectivity index (χ4n) is 3.33. The fraction of sp³-hybridized carbons (Fsp3) is 0.389. The molecule has 2 aromatic rings. The van der Waals surface area contributed by atoms with Gasteiger partial charge in [0.05, 0.1) is 19.3 Å². The van der Waals surface area contributed by atoms with E-state index < -0.39 is 0 Å². The highest BCUT2D eigenvalue weighted by molar-refractivity contribution is 7.13. The number of fused-ring (bicyclic) bond motifs is 1. The molecule has 1 aromatic carbocycles. The summed E-state index contributed by atoms with van der Waals surface area (Å²) >= 11 is 1.70. The van der Waals surface area contributed by atoms with Crippen LogP contribution in [0.5, 0.6) is 0 Å². The maximum atomic E-state index is 12.6. The quantitative estimate of drug-likeness (QED) is 0.912. The molecule has 6 heteroatoms. The maximum absolute atomic E-state index is 12.6. The number of urea groups is 1. The van der Waals surface area contributed by atoms with Crippen LogP contribution in [0.15, 0.2) is 41.8 Å². The molecule has 3 heterocycles. The van der Waals surface area contributed by atoms with E-state index in [1.54, 1.807) is 11.3 Å². The van der Waals surface area contributed by atoms with Crippen molar-refractivity contribution in [3.63, 3.8) is 0 Å². The molecule has 0 radical (unpaired) electrons. The second-order valence-corrected chi connectivity index (χ2v) is 7.15. The number of ether oxygens (including phenoxy) is 1. The number of anilines is 1. The largest absolute Gasteiger partial charge is 0.378 e. The molecule has 0 aliphatic carbocycles. The number of morpholine rings is 1. The van der Waals surface area contributed by atoms with Crippen LogP contribution in [0.2, 0.25) is 0 Å². The summed E-state index contributed by atoms with van der Waals surface area (Å²) in [5.74, 6) is 0. The number of carbonyl (C=O) groups is 1. The first kappa shape index (κ1) is 15.6. The number of nitrogens with zero attached hydrogens (tertiary/aromatic N) is 2. The molecular weight excluding hydrogens is 322 g/mol. The molecule has 0 bridgehead atoms. The first-order chi connectivity index (χ1) is 11.8. The summed E-state index contributed by atoms with van der Waals surface area (Å²) in [6.45, 7) is 4.93. The predicted molar refractivity (Wildman–Crippen MR) is 96.5 cm³/mol. The average molecular weight is 343 g/mol. The summed E-state index contributed by atoms with van der Waals surface area (Å²) in [5, 5.41) is 5.10. The first-order valence-corrected chi connectivity index (χ1v) is 9.19. The highest BCUT2D eigenvalue weighted by atomic mass is 32.1. The van der Waals surface area contributed by atoms with Crippen LogP contribution < -0.4 is 5.32 Å². The number of nitrogens with one attached hydrogen (secondary N) is 1. The minimum atomic E-state index is -0.0245. The Morgan fingerprint density at radius 1 is 1.21 bits per heavy atom. The van der Waals surface area contributed by atoms with Gasteiger partial charge in [-0.1, -0.05) is 18.2 Å². The van der Waals surface area contributed by atoms with Crippen molar-refractivity contribution >= 4 is 23.1 Å². The lowest BCUT2D eigenvalue weighted by molar-refractivity contribution is -0.0355. The van der Waals surface area contributed by atoms with E-state index in [-0.39, 0.29) is 6.03 Å². The van der Waals surface area contributed by atoms with Crippen LogP contribution >= 0.6 is 11.3 Å². The van der Waals surface area contributed by atoms with Gasteiger partial charge in [0, 0.05) is 36.7 Å². The van der Waals surface area contributed by atoms with E-state index in [9.17, 15) is 4.79 Å². The third-order valence-electron chi connectivity index (χ3n) is 4.64. The molecule has 4 rings (SSSR count).